The molecule has 1 saturated carbocycles. The maximum absolute atomic E-state index is 12.3. The molecule has 0 radical (unpaired) electrons. The van der Waals surface area contributed by atoms with Gasteiger partial charge in [0.25, 0.3) is 0 Å². The van der Waals surface area contributed by atoms with Crippen LogP contribution in [0.1, 0.15) is 37.7 Å². The van der Waals surface area contributed by atoms with E-state index in [-0.39, 0.29) is 6.04 Å². The Hall–Kier alpha value is -1.07. The second-order valence-corrected chi connectivity index (χ2v) is 6.66. The molecule has 0 aromatic heterocycles. The molecule has 0 heterocycles. The van der Waals surface area contributed by atoms with Gasteiger partial charge in [0, 0.05) is 11.7 Å². The highest BCUT2D eigenvalue weighted by Gasteiger charge is 2.22. The molecule has 0 spiro atoms. The first kappa shape index (κ1) is 13.4. The van der Waals surface area contributed by atoms with Crippen LogP contribution in [0.15, 0.2) is 23.1 Å². The van der Waals surface area contributed by atoms with Gasteiger partial charge in [-0.05, 0) is 43.5 Å². The van der Waals surface area contributed by atoms with Crippen molar-refractivity contribution in [2.45, 2.75) is 50.0 Å². The summed E-state index contributed by atoms with van der Waals surface area (Å²) in [5.74, 6) is 0. The quantitative estimate of drug-likeness (QED) is 0.825. The number of nitrogen functional groups attached to an aromatic ring is 1. The van der Waals surface area contributed by atoms with Crippen LogP contribution in [0.25, 0.3) is 0 Å². The van der Waals surface area contributed by atoms with Crippen LogP contribution >= 0.6 is 0 Å². The molecule has 1 aromatic carbocycles. The molecule has 0 aliphatic heterocycles. The molecule has 0 saturated heterocycles. The zero-order chi connectivity index (χ0) is 13.2. The van der Waals surface area contributed by atoms with Gasteiger partial charge in [0.1, 0.15) is 0 Å². The lowest BCUT2D eigenvalue weighted by Crippen LogP contribution is -2.36. The lowest BCUT2D eigenvalue weighted by atomic mass is 9.96. The van der Waals surface area contributed by atoms with E-state index in [1.165, 1.54) is 6.42 Å². The van der Waals surface area contributed by atoms with Gasteiger partial charge in [0.2, 0.25) is 10.0 Å². The topological polar surface area (TPSA) is 72.2 Å². The summed E-state index contributed by atoms with van der Waals surface area (Å²) in [6.45, 7) is 1.77. The SMILES string of the molecule is Cc1cc(N)ccc1S(=O)(=O)NC1CCCCC1. The molecule has 1 aliphatic rings. The zero-order valence-corrected chi connectivity index (χ0v) is 11.5. The Morgan fingerprint density at radius 2 is 1.89 bits per heavy atom. The summed E-state index contributed by atoms with van der Waals surface area (Å²) >= 11 is 0. The van der Waals surface area contributed by atoms with Gasteiger partial charge in [-0.3, -0.25) is 0 Å². The Morgan fingerprint density at radius 3 is 2.50 bits per heavy atom. The summed E-state index contributed by atoms with van der Waals surface area (Å²) < 4.78 is 27.4. The van der Waals surface area contributed by atoms with Gasteiger partial charge in [-0.15, -0.1) is 0 Å². The lowest BCUT2D eigenvalue weighted by Gasteiger charge is -2.23. The van der Waals surface area contributed by atoms with Crippen LogP contribution in [-0.4, -0.2) is 14.5 Å². The van der Waals surface area contributed by atoms with Crippen molar-refractivity contribution < 1.29 is 8.42 Å². The Labute approximate surface area is 109 Å². The summed E-state index contributed by atoms with van der Waals surface area (Å²) in [6, 6.07) is 4.98. The van der Waals surface area contributed by atoms with Gasteiger partial charge in [0.15, 0.2) is 0 Å². The fourth-order valence-corrected chi connectivity index (χ4v) is 4.01. The number of sulfonamides is 1. The largest absolute Gasteiger partial charge is 0.399 e. The highest BCUT2D eigenvalue weighted by molar-refractivity contribution is 7.89. The highest BCUT2D eigenvalue weighted by Crippen LogP contribution is 2.22. The first-order valence-electron chi connectivity index (χ1n) is 6.37. The molecule has 0 bridgehead atoms. The van der Waals surface area contributed by atoms with Gasteiger partial charge in [0.05, 0.1) is 4.90 Å². The van der Waals surface area contributed by atoms with Gasteiger partial charge in [-0.2, -0.15) is 0 Å². The number of anilines is 1. The average Bonchev–Trinajstić information content (AvgIpc) is 2.29. The molecule has 4 nitrogen and oxygen atoms in total. The summed E-state index contributed by atoms with van der Waals surface area (Å²) in [5.41, 5.74) is 6.92. The third-order valence-corrected chi connectivity index (χ3v) is 5.10. The third kappa shape index (κ3) is 3.03. The van der Waals surface area contributed by atoms with E-state index in [0.29, 0.717) is 16.1 Å². The van der Waals surface area contributed by atoms with E-state index in [9.17, 15) is 8.42 Å². The molecular formula is C13H20N2O2S. The molecule has 0 unspecified atom stereocenters. The number of aryl methyl sites for hydroxylation is 1. The van der Waals surface area contributed by atoms with Crippen molar-refractivity contribution in [2.75, 3.05) is 5.73 Å². The minimum Gasteiger partial charge on any atom is -0.399 e. The monoisotopic (exact) mass is 268 g/mol. The van der Waals surface area contributed by atoms with Gasteiger partial charge in [-0.25, -0.2) is 13.1 Å². The Morgan fingerprint density at radius 1 is 1.22 bits per heavy atom. The van der Waals surface area contributed by atoms with Crippen LogP contribution < -0.4 is 10.5 Å². The van der Waals surface area contributed by atoms with E-state index in [2.05, 4.69) is 4.72 Å². The molecular weight excluding hydrogens is 248 g/mol. The minimum absolute atomic E-state index is 0.0840. The maximum atomic E-state index is 12.3. The van der Waals surface area contributed by atoms with Crippen molar-refractivity contribution in [1.82, 2.24) is 4.72 Å². The highest BCUT2D eigenvalue weighted by atomic mass is 32.2. The number of hydrogen-bond donors (Lipinski definition) is 2. The lowest BCUT2D eigenvalue weighted by molar-refractivity contribution is 0.412. The number of rotatable bonds is 3. The molecule has 1 aromatic rings. The fraction of sp³-hybridized carbons (Fsp3) is 0.538. The van der Waals surface area contributed by atoms with E-state index in [0.717, 1.165) is 25.7 Å². The molecule has 2 rings (SSSR count). The predicted octanol–water partition coefficient (Wildman–Crippen LogP) is 2.19. The maximum Gasteiger partial charge on any atom is 0.241 e. The van der Waals surface area contributed by atoms with Crippen molar-refractivity contribution in [3.63, 3.8) is 0 Å². The third-order valence-electron chi connectivity index (χ3n) is 3.42. The number of benzene rings is 1. The predicted molar refractivity (Wildman–Crippen MR) is 72.8 cm³/mol. The molecule has 100 valence electrons. The summed E-state index contributed by atoms with van der Waals surface area (Å²) in [6.07, 6.45) is 5.29. The summed E-state index contributed by atoms with van der Waals surface area (Å²) in [5, 5.41) is 0. The second kappa shape index (κ2) is 5.28. The summed E-state index contributed by atoms with van der Waals surface area (Å²) in [4.78, 5) is 0.335. The Kier molecular flexibility index (Phi) is 3.92. The minimum atomic E-state index is -3.41. The Balaban J connectivity index is 2.19. The first-order chi connectivity index (χ1) is 8.49. The number of hydrogen-bond acceptors (Lipinski definition) is 3. The van der Waals surface area contributed by atoms with Crippen LogP contribution in [0.2, 0.25) is 0 Å². The van der Waals surface area contributed by atoms with Crippen molar-refractivity contribution in [3.05, 3.63) is 23.8 Å². The molecule has 0 amide bonds. The van der Waals surface area contributed by atoms with Crippen molar-refractivity contribution in [3.8, 4) is 0 Å². The second-order valence-electron chi connectivity index (χ2n) is 4.98. The number of nitrogens with two attached hydrogens (primary N) is 1. The van der Waals surface area contributed by atoms with Crippen LogP contribution in [-0.2, 0) is 10.0 Å². The molecule has 0 atom stereocenters. The van der Waals surface area contributed by atoms with Gasteiger partial charge in [-0.1, -0.05) is 19.3 Å². The standard InChI is InChI=1S/C13H20N2O2S/c1-10-9-11(14)7-8-13(10)18(16,17)15-12-5-3-2-4-6-12/h7-9,12,15H,2-6,14H2,1H3. The van der Waals surface area contributed by atoms with E-state index in [4.69, 9.17) is 5.73 Å². The van der Waals surface area contributed by atoms with Crippen LogP contribution in [0, 0.1) is 6.92 Å². The smallest absolute Gasteiger partial charge is 0.241 e. The van der Waals surface area contributed by atoms with Crippen molar-refractivity contribution in [1.29, 1.82) is 0 Å². The molecule has 1 fully saturated rings. The van der Waals surface area contributed by atoms with E-state index < -0.39 is 10.0 Å². The average molecular weight is 268 g/mol. The van der Waals surface area contributed by atoms with E-state index >= 15 is 0 Å². The Bertz CT molecular complexity index is 520. The van der Waals surface area contributed by atoms with Gasteiger partial charge < -0.3 is 5.73 Å². The first-order valence-corrected chi connectivity index (χ1v) is 7.86. The van der Waals surface area contributed by atoms with E-state index in [1.54, 1.807) is 25.1 Å². The van der Waals surface area contributed by atoms with Gasteiger partial charge >= 0.3 is 0 Å². The molecule has 1 aliphatic carbocycles. The number of nitrogens with one attached hydrogen (secondary N) is 1. The molecule has 5 heteroatoms. The molecule has 18 heavy (non-hydrogen) atoms. The van der Waals surface area contributed by atoms with Crippen LogP contribution in [0.3, 0.4) is 0 Å². The summed E-state index contributed by atoms with van der Waals surface area (Å²) in [7, 11) is -3.41. The van der Waals surface area contributed by atoms with Crippen molar-refractivity contribution in [2.24, 2.45) is 0 Å². The van der Waals surface area contributed by atoms with E-state index in [1.807, 2.05) is 0 Å². The van der Waals surface area contributed by atoms with Crippen molar-refractivity contribution >= 4 is 15.7 Å². The fourth-order valence-electron chi connectivity index (χ4n) is 2.48. The van der Waals surface area contributed by atoms with Crippen LogP contribution in [0.5, 0.6) is 0 Å². The zero-order valence-electron chi connectivity index (χ0n) is 10.6. The molecule has 3 N–H and O–H groups in total. The normalized spacial score (nSPS) is 17.8. The van der Waals surface area contributed by atoms with Crippen LogP contribution in [0.4, 0.5) is 5.69 Å².